The minimum Gasteiger partial charge on any atom is -0.352 e. The highest BCUT2D eigenvalue weighted by atomic mass is 32.2. The highest BCUT2D eigenvalue weighted by Gasteiger charge is 2.33. The number of benzene rings is 3. The number of rotatable bonds is 13. The van der Waals surface area contributed by atoms with Gasteiger partial charge in [-0.1, -0.05) is 79.7 Å². The molecular weight excluding hydrogens is 526 g/mol. The fourth-order valence-corrected chi connectivity index (χ4v) is 5.11. The molecule has 8 nitrogen and oxygen atoms in total. The van der Waals surface area contributed by atoms with Crippen molar-refractivity contribution in [2.75, 3.05) is 17.1 Å². The van der Waals surface area contributed by atoms with Gasteiger partial charge in [0.1, 0.15) is 12.6 Å². The number of nitrogens with zero attached hydrogens (tertiary/aromatic N) is 2. The van der Waals surface area contributed by atoms with Crippen LogP contribution < -0.4 is 9.62 Å². The highest BCUT2D eigenvalue weighted by molar-refractivity contribution is 7.92. The second-order valence-corrected chi connectivity index (χ2v) is 11.8. The van der Waals surface area contributed by atoms with E-state index < -0.39 is 28.5 Å². The zero-order chi connectivity index (χ0) is 29.3. The van der Waals surface area contributed by atoms with Gasteiger partial charge in [0, 0.05) is 24.6 Å². The molecule has 0 aliphatic heterocycles. The third-order valence-corrected chi connectivity index (χ3v) is 7.83. The predicted molar refractivity (Wildman–Crippen MR) is 157 cm³/mol. The van der Waals surface area contributed by atoms with Crippen LogP contribution in [0, 0.1) is 0 Å². The standard InChI is InChI=1S/C31H37N3O5S/c1-5-23(2)32-31(37)29(19-25-13-8-6-9-14-25)33(21-26-15-10-7-11-16-26)30(36)22-34(40(4,38)39)28-18-12-17-27(20-28)24(3)35/h6-18,20,23,29H,5,19,21-22H2,1-4H3,(H,32,37)/t23-,29+/m1/s1. The van der Waals surface area contributed by atoms with Gasteiger partial charge in [0.25, 0.3) is 0 Å². The van der Waals surface area contributed by atoms with Gasteiger partial charge in [0.15, 0.2) is 5.78 Å². The van der Waals surface area contributed by atoms with Crippen molar-refractivity contribution in [2.45, 2.75) is 52.2 Å². The molecule has 0 aliphatic rings. The molecule has 9 heteroatoms. The van der Waals surface area contributed by atoms with Crippen LogP contribution in [0.4, 0.5) is 5.69 Å². The summed E-state index contributed by atoms with van der Waals surface area (Å²) in [6.07, 6.45) is 1.98. The van der Waals surface area contributed by atoms with Crippen LogP contribution in [0.15, 0.2) is 84.9 Å². The quantitative estimate of drug-likeness (QED) is 0.314. The van der Waals surface area contributed by atoms with Crippen LogP contribution in [0.5, 0.6) is 0 Å². The third-order valence-electron chi connectivity index (χ3n) is 6.69. The van der Waals surface area contributed by atoms with Gasteiger partial charge < -0.3 is 10.2 Å². The summed E-state index contributed by atoms with van der Waals surface area (Å²) in [5.41, 5.74) is 2.20. The molecule has 0 spiro atoms. The number of Topliss-reactive ketones (excluding diaryl/α,β-unsaturated/α-hetero) is 1. The molecule has 0 fully saturated rings. The SMILES string of the molecule is CC[C@@H](C)NC(=O)[C@H](Cc1ccccc1)N(Cc1ccccc1)C(=O)CN(c1cccc(C(C)=O)c1)S(C)(=O)=O. The predicted octanol–water partition coefficient (Wildman–Crippen LogP) is 4.21. The van der Waals surface area contributed by atoms with Gasteiger partial charge in [-0.2, -0.15) is 0 Å². The Morgan fingerprint density at radius 1 is 0.875 bits per heavy atom. The molecule has 0 heterocycles. The summed E-state index contributed by atoms with van der Waals surface area (Å²) in [7, 11) is -3.92. The Kier molecular flexibility index (Phi) is 10.6. The number of amides is 2. The van der Waals surface area contributed by atoms with Gasteiger partial charge in [-0.3, -0.25) is 18.7 Å². The van der Waals surface area contributed by atoms with Gasteiger partial charge in [-0.15, -0.1) is 0 Å². The Hall–Kier alpha value is -3.98. The fraction of sp³-hybridized carbons (Fsp3) is 0.323. The van der Waals surface area contributed by atoms with E-state index in [9.17, 15) is 22.8 Å². The molecule has 3 aromatic rings. The van der Waals surface area contributed by atoms with Gasteiger partial charge in [0.2, 0.25) is 21.8 Å². The zero-order valence-electron chi connectivity index (χ0n) is 23.4. The Labute approximate surface area is 237 Å². The molecule has 0 saturated heterocycles. The van der Waals surface area contributed by atoms with E-state index in [1.807, 2.05) is 74.5 Å². The first-order valence-electron chi connectivity index (χ1n) is 13.3. The minimum absolute atomic E-state index is 0.107. The van der Waals surface area contributed by atoms with Crippen molar-refractivity contribution < 1.29 is 22.8 Å². The molecule has 2 amide bonds. The molecule has 40 heavy (non-hydrogen) atoms. The van der Waals surface area contributed by atoms with Crippen LogP contribution in [0.3, 0.4) is 0 Å². The number of carbonyl (C=O) groups excluding carboxylic acids is 3. The molecule has 0 saturated carbocycles. The molecule has 0 unspecified atom stereocenters. The first-order valence-corrected chi connectivity index (χ1v) is 15.1. The van der Waals surface area contributed by atoms with E-state index >= 15 is 0 Å². The lowest BCUT2D eigenvalue weighted by Gasteiger charge is -2.34. The van der Waals surface area contributed by atoms with E-state index in [1.165, 1.54) is 17.9 Å². The largest absolute Gasteiger partial charge is 0.352 e. The number of anilines is 1. The monoisotopic (exact) mass is 563 g/mol. The summed E-state index contributed by atoms with van der Waals surface area (Å²) in [6.45, 7) is 4.82. The zero-order valence-corrected chi connectivity index (χ0v) is 24.2. The second kappa shape index (κ2) is 13.9. The lowest BCUT2D eigenvalue weighted by atomic mass is 10.0. The summed E-state index contributed by atoms with van der Waals surface area (Å²) in [5.74, 6) is -1.08. The molecule has 0 bridgehead atoms. The molecule has 0 radical (unpaired) electrons. The summed E-state index contributed by atoms with van der Waals surface area (Å²) < 4.78 is 26.8. The smallest absolute Gasteiger partial charge is 0.244 e. The van der Waals surface area contributed by atoms with Crippen molar-refractivity contribution in [3.8, 4) is 0 Å². The van der Waals surface area contributed by atoms with Gasteiger partial charge in [-0.05, 0) is 43.5 Å². The summed E-state index contributed by atoms with van der Waals surface area (Å²) in [4.78, 5) is 41.1. The van der Waals surface area contributed by atoms with Crippen molar-refractivity contribution in [3.05, 3.63) is 102 Å². The third kappa shape index (κ3) is 8.51. The number of sulfonamides is 1. The number of ketones is 1. The van der Waals surface area contributed by atoms with Crippen molar-refractivity contribution in [3.63, 3.8) is 0 Å². The molecule has 0 aliphatic carbocycles. The fourth-order valence-electron chi connectivity index (χ4n) is 4.27. The van der Waals surface area contributed by atoms with Crippen molar-refractivity contribution in [2.24, 2.45) is 0 Å². The summed E-state index contributed by atoms with van der Waals surface area (Å²) >= 11 is 0. The van der Waals surface area contributed by atoms with E-state index in [1.54, 1.807) is 18.2 Å². The number of hydrogen-bond donors (Lipinski definition) is 1. The molecular formula is C31H37N3O5S. The molecule has 3 rings (SSSR count). The van der Waals surface area contributed by atoms with Gasteiger partial charge >= 0.3 is 0 Å². The molecule has 3 aromatic carbocycles. The molecule has 1 N–H and O–H groups in total. The van der Waals surface area contributed by atoms with Crippen LogP contribution in [0.25, 0.3) is 0 Å². The summed E-state index contributed by atoms with van der Waals surface area (Å²) in [5, 5.41) is 3.00. The van der Waals surface area contributed by atoms with Crippen LogP contribution in [0.2, 0.25) is 0 Å². The van der Waals surface area contributed by atoms with Crippen LogP contribution in [-0.2, 0) is 32.6 Å². The normalized spacial score (nSPS) is 12.7. The highest BCUT2D eigenvalue weighted by Crippen LogP contribution is 2.22. The van der Waals surface area contributed by atoms with Crippen LogP contribution in [-0.4, -0.2) is 55.8 Å². The van der Waals surface area contributed by atoms with Crippen molar-refractivity contribution >= 4 is 33.3 Å². The van der Waals surface area contributed by atoms with Gasteiger partial charge in [0.05, 0.1) is 11.9 Å². The number of carbonyl (C=O) groups is 3. The Bertz CT molecular complexity index is 1410. The average molecular weight is 564 g/mol. The van der Waals surface area contributed by atoms with Crippen LogP contribution >= 0.6 is 0 Å². The lowest BCUT2D eigenvalue weighted by Crippen LogP contribution is -2.54. The topological polar surface area (TPSA) is 104 Å². The number of nitrogens with one attached hydrogen (secondary N) is 1. The minimum atomic E-state index is -3.92. The van der Waals surface area contributed by atoms with E-state index in [-0.39, 0.29) is 36.4 Å². The van der Waals surface area contributed by atoms with E-state index in [0.717, 1.165) is 21.7 Å². The number of hydrogen-bond acceptors (Lipinski definition) is 5. The Balaban J connectivity index is 2.06. The maximum Gasteiger partial charge on any atom is 0.244 e. The maximum atomic E-state index is 14.1. The van der Waals surface area contributed by atoms with Crippen molar-refractivity contribution in [1.82, 2.24) is 10.2 Å². The second-order valence-electron chi connectivity index (χ2n) is 9.91. The van der Waals surface area contributed by atoms with E-state index in [0.29, 0.717) is 12.0 Å². The van der Waals surface area contributed by atoms with E-state index in [2.05, 4.69) is 5.32 Å². The molecule has 0 aromatic heterocycles. The average Bonchev–Trinajstić information content (AvgIpc) is 2.93. The molecule has 2 atom stereocenters. The van der Waals surface area contributed by atoms with Crippen molar-refractivity contribution in [1.29, 1.82) is 0 Å². The van der Waals surface area contributed by atoms with Crippen LogP contribution in [0.1, 0.15) is 48.7 Å². The first-order chi connectivity index (χ1) is 19.0. The lowest BCUT2D eigenvalue weighted by molar-refractivity contribution is -0.140. The Morgan fingerprint density at radius 3 is 2.02 bits per heavy atom. The summed E-state index contributed by atoms with van der Waals surface area (Å²) in [6, 6.07) is 23.8. The Morgan fingerprint density at radius 2 is 1.48 bits per heavy atom. The first kappa shape index (κ1) is 30.6. The van der Waals surface area contributed by atoms with Gasteiger partial charge in [-0.25, -0.2) is 8.42 Å². The molecule has 212 valence electrons. The van der Waals surface area contributed by atoms with E-state index in [4.69, 9.17) is 0 Å². The maximum absolute atomic E-state index is 14.1.